The van der Waals surface area contributed by atoms with E-state index in [1.807, 2.05) is 19.1 Å². The number of aryl methyl sites for hydroxylation is 1. The Morgan fingerprint density at radius 2 is 1.74 bits per heavy atom. The van der Waals surface area contributed by atoms with Crippen LogP contribution in [0, 0.1) is 0 Å². The van der Waals surface area contributed by atoms with E-state index in [0.29, 0.717) is 5.69 Å². The molecule has 2 N–H and O–H groups in total. The van der Waals surface area contributed by atoms with Crippen LogP contribution in [0.1, 0.15) is 12.5 Å². The Morgan fingerprint density at radius 3 is 2.32 bits per heavy atom. The van der Waals surface area contributed by atoms with Crippen molar-refractivity contribution < 1.29 is 9.59 Å². The van der Waals surface area contributed by atoms with Crippen LogP contribution in [0.5, 0.6) is 0 Å². The van der Waals surface area contributed by atoms with Crippen molar-refractivity contribution in [1.29, 1.82) is 0 Å². The van der Waals surface area contributed by atoms with Crippen molar-refractivity contribution in [1.82, 2.24) is 14.9 Å². The average molecular weight is 259 g/mol. The van der Waals surface area contributed by atoms with Crippen molar-refractivity contribution in [2.45, 2.75) is 13.3 Å². The summed E-state index contributed by atoms with van der Waals surface area (Å²) in [6, 6.07) is 7.30. The molecule has 0 aliphatic rings. The molecule has 7 nitrogen and oxygen atoms in total. The maximum atomic E-state index is 11.6. The van der Waals surface area contributed by atoms with Crippen LogP contribution in [-0.2, 0) is 16.0 Å². The molecule has 2 amide bonds. The Labute approximate surface area is 109 Å². The molecule has 1 heterocycles. The molecule has 0 bridgehead atoms. The van der Waals surface area contributed by atoms with Crippen LogP contribution in [0.25, 0.3) is 0 Å². The van der Waals surface area contributed by atoms with E-state index in [-0.39, 0.29) is 0 Å². The van der Waals surface area contributed by atoms with Crippen LogP contribution < -0.4 is 10.7 Å². The molecule has 98 valence electrons. The number of amides is 2. The van der Waals surface area contributed by atoms with Gasteiger partial charge in [-0.2, -0.15) is 0 Å². The van der Waals surface area contributed by atoms with Crippen LogP contribution in [-0.4, -0.2) is 26.7 Å². The molecule has 0 saturated carbocycles. The summed E-state index contributed by atoms with van der Waals surface area (Å²) in [5.74, 6) is -1.54. The van der Waals surface area contributed by atoms with Gasteiger partial charge in [-0.05, 0) is 24.1 Å². The lowest BCUT2D eigenvalue weighted by atomic mass is 10.1. The van der Waals surface area contributed by atoms with Gasteiger partial charge >= 0.3 is 11.8 Å². The first kappa shape index (κ1) is 12.7. The summed E-state index contributed by atoms with van der Waals surface area (Å²) in [6.45, 7) is 2.04. The molecular weight excluding hydrogens is 246 g/mol. The highest BCUT2D eigenvalue weighted by atomic mass is 16.2. The zero-order valence-electron chi connectivity index (χ0n) is 10.3. The minimum atomic E-state index is -0.792. The maximum absolute atomic E-state index is 11.6. The van der Waals surface area contributed by atoms with Crippen molar-refractivity contribution in [2.75, 3.05) is 10.7 Å². The number of nitrogens with one attached hydrogen (secondary N) is 2. The molecule has 1 aromatic heterocycles. The number of aromatic nitrogens is 3. The fraction of sp³-hybridized carbons (Fsp3) is 0.167. The Kier molecular flexibility index (Phi) is 3.87. The van der Waals surface area contributed by atoms with E-state index in [2.05, 4.69) is 20.9 Å². The highest BCUT2D eigenvalue weighted by Crippen LogP contribution is 2.09. The third-order valence-corrected chi connectivity index (χ3v) is 2.48. The van der Waals surface area contributed by atoms with Gasteiger partial charge in [-0.25, -0.2) is 4.68 Å². The van der Waals surface area contributed by atoms with E-state index in [1.165, 1.54) is 17.3 Å². The highest BCUT2D eigenvalue weighted by molar-refractivity contribution is 6.42. The zero-order chi connectivity index (χ0) is 13.7. The smallest absolute Gasteiger partial charge is 0.318 e. The lowest BCUT2D eigenvalue weighted by molar-refractivity contribution is -0.133. The van der Waals surface area contributed by atoms with Crippen LogP contribution in [0.3, 0.4) is 0 Å². The van der Waals surface area contributed by atoms with E-state index in [4.69, 9.17) is 0 Å². The van der Waals surface area contributed by atoms with Crippen molar-refractivity contribution in [2.24, 2.45) is 0 Å². The number of nitrogens with zero attached hydrogens (tertiary/aromatic N) is 3. The second-order valence-corrected chi connectivity index (χ2v) is 3.81. The molecule has 2 aromatic rings. The SMILES string of the molecule is CCc1ccc(NC(=O)C(=O)Nn2cnnc2)cc1. The summed E-state index contributed by atoms with van der Waals surface area (Å²) in [6.07, 6.45) is 3.48. The normalized spacial score (nSPS) is 9.95. The van der Waals surface area contributed by atoms with Gasteiger partial charge in [0.25, 0.3) is 0 Å². The highest BCUT2D eigenvalue weighted by Gasteiger charge is 2.13. The second kappa shape index (κ2) is 5.76. The van der Waals surface area contributed by atoms with E-state index in [0.717, 1.165) is 12.0 Å². The molecule has 0 unspecified atom stereocenters. The molecular formula is C12H13N5O2. The Morgan fingerprint density at radius 1 is 1.11 bits per heavy atom. The Hall–Kier alpha value is -2.70. The predicted molar refractivity (Wildman–Crippen MR) is 68.8 cm³/mol. The number of hydrogen-bond donors (Lipinski definition) is 2. The summed E-state index contributed by atoms with van der Waals surface area (Å²) in [5, 5.41) is 9.51. The molecule has 7 heteroatoms. The van der Waals surface area contributed by atoms with Gasteiger partial charge in [-0.1, -0.05) is 19.1 Å². The molecule has 2 rings (SSSR count). The molecule has 1 aromatic carbocycles. The van der Waals surface area contributed by atoms with E-state index in [1.54, 1.807) is 12.1 Å². The fourth-order valence-corrected chi connectivity index (χ4v) is 1.44. The van der Waals surface area contributed by atoms with Crippen LogP contribution in [0.4, 0.5) is 5.69 Å². The van der Waals surface area contributed by atoms with Crippen molar-refractivity contribution in [3.8, 4) is 0 Å². The van der Waals surface area contributed by atoms with Crippen molar-refractivity contribution in [3.05, 3.63) is 42.5 Å². The standard InChI is InChI=1S/C12H13N5O2/c1-2-9-3-5-10(6-4-9)15-11(18)12(19)16-17-7-13-14-8-17/h3-8H,2H2,1H3,(H,15,18)(H,16,19). The van der Waals surface area contributed by atoms with Gasteiger partial charge in [0, 0.05) is 5.69 Å². The monoisotopic (exact) mass is 259 g/mol. The predicted octanol–water partition coefficient (Wildman–Crippen LogP) is 0.549. The molecule has 0 fully saturated rings. The van der Waals surface area contributed by atoms with Gasteiger partial charge < -0.3 is 5.32 Å². The lowest BCUT2D eigenvalue weighted by Gasteiger charge is -2.06. The van der Waals surface area contributed by atoms with Gasteiger partial charge in [0.1, 0.15) is 12.7 Å². The topological polar surface area (TPSA) is 88.9 Å². The minimum Gasteiger partial charge on any atom is -0.318 e. The summed E-state index contributed by atoms with van der Waals surface area (Å²) in [7, 11) is 0. The summed E-state index contributed by atoms with van der Waals surface area (Å²) in [5.41, 5.74) is 4.03. The first-order valence-electron chi connectivity index (χ1n) is 5.75. The van der Waals surface area contributed by atoms with Gasteiger partial charge in [-0.3, -0.25) is 15.0 Å². The van der Waals surface area contributed by atoms with Crippen molar-refractivity contribution >= 4 is 17.5 Å². The summed E-state index contributed by atoms with van der Waals surface area (Å²) >= 11 is 0. The molecule has 0 radical (unpaired) electrons. The van der Waals surface area contributed by atoms with Crippen molar-refractivity contribution in [3.63, 3.8) is 0 Å². The Balaban J connectivity index is 1.94. The van der Waals surface area contributed by atoms with Gasteiger partial charge in [0.15, 0.2) is 0 Å². The summed E-state index contributed by atoms with van der Waals surface area (Å²) in [4.78, 5) is 23.2. The molecule has 0 aliphatic heterocycles. The third-order valence-electron chi connectivity index (χ3n) is 2.48. The lowest BCUT2D eigenvalue weighted by Crippen LogP contribution is -2.33. The molecule has 0 atom stereocenters. The van der Waals surface area contributed by atoms with Crippen LogP contribution in [0.2, 0.25) is 0 Å². The van der Waals surface area contributed by atoms with E-state index < -0.39 is 11.8 Å². The number of carbonyl (C=O) groups excluding carboxylic acids is 2. The van der Waals surface area contributed by atoms with Crippen LogP contribution in [0.15, 0.2) is 36.9 Å². The molecule has 0 saturated heterocycles. The number of anilines is 1. The fourth-order valence-electron chi connectivity index (χ4n) is 1.44. The second-order valence-electron chi connectivity index (χ2n) is 3.81. The largest absolute Gasteiger partial charge is 0.328 e. The number of hydrogen-bond acceptors (Lipinski definition) is 4. The molecule has 0 spiro atoms. The van der Waals surface area contributed by atoms with Gasteiger partial charge in [0.05, 0.1) is 0 Å². The Bertz CT molecular complexity index is 562. The average Bonchev–Trinajstić information content (AvgIpc) is 2.92. The first-order valence-corrected chi connectivity index (χ1v) is 5.75. The molecule has 0 aliphatic carbocycles. The zero-order valence-corrected chi connectivity index (χ0v) is 10.3. The molecule has 19 heavy (non-hydrogen) atoms. The maximum Gasteiger partial charge on any atom is 0.328 e. The first-order chi connectivity index (χ1) is 9.19. The minimum absolute atomic E-state index is 0.570. The van der Waals surface area contributed by atoms with Gasteiger partial charge in [-0.15, -0.1) is 10.2 Å². The van der Waals surface area contributed by atoms with Gasteiger partial charge in [0.2, 0.25) is 0 Å². The summed E-state index contributed by atoms with van der Waals surface area (Å²) < 4.78 is 1.20. The van der Waals surface area contributed by atoms with E-state index in [9.17, 15) is 9.59 Å². The number of rotatable bonds is 3. The third kappa shape index (κ3) is 3.38. The van der Waals surface area contributed by atoms with Crippen LogP contribution >= 0.6 is 0 Å². The quantitative estimate of drug-likeness (QED) is 0.788. The van der Waals surface area contributed by atoms with E-state index >= 15 is 0 Å². The number of carbonyl (C=O) groups is 2. The number of benzene rings is 1.